The lowest BCUT2D eigenvalue weighted by atomic mass is 9.89. The summed E-state index contributed by atoms with van der Waals surface area (Å²) in [5, 5.41) is 10.1. The van der Waals surface area contributed by atoms with Crippen molar-refractivity contribution in [2.24, 2.45) is 17.4 Å². The van der Waals surface area contributed by atoms with Crippen molar-refractivity contribution < 1.29 is 23.5 Å². The lowest BCUT2D eigenvalue weighted by Gasteiger charge is -2.21. The molecule has 0 bridgehead atoms. The number of carbonyl (C=O) groups is 2. The van der Waals surface area contributed by atoms with Crippen LogP contribution in [0.5, 0.6) is 0 Å². The Kier molecular flexibility index (Phi) is 7.28. The van der Waals surface area contributed by atoms with Crippen LogP contribution < -0.4 is 11.5 Å². The molecule has 0 aliphatic carbocycles. The first-order chi connectivity index (χ1) is 11.1. The molecule has 0 aromatic heterocycles. The molecule has 2 amide bonds. The Labute approximate surface area is 140 Å². The van der Waals surface area contributed by atoms with Crippen LogP contribution in [0.2, 0.25) is 0 Å². The highest BCUT2D eigenvalue weighted by atomic mass is 19.1. The number of rotatable bonds is 10. The quantitative estimate of drug-likeness (QED) is 0.601. The predicted octanol–water partition coefficient (Wildman–Crippen LogP) is 1.60. The second kappa shape index (κ2) is 8.73. The zero-order valence-corrected chi connectivity index (χ0v) is 13.7. The number of aryl methyl sites for hydroxylation is 1. The van der Waals surface area contributed by atoms with Crippen LogP contribution in [0.3, 0.4) is 0 Å². The third kappa shape index (κ3) is 6.62. The molecule has 0 heterocycles. The van der Waals surface area contributed by atoms with Gasteiger partial charge in [-0.2, -0.15) is 0 Å². The second-order valence-corrected chi connectivity index (χ2v) is 6.25. The lowest BCUT2D eigenvalue weighted by molar-refractivity contribution is -0.130. The molecule has 134 valence electrons. The minimum absolute atomic E-state index is 0.0267. The van der Waals surface area contributed by atoms with Gasteiger partial charge in [0, 0.05) is 5.92 Å². The van der Waals surface area contributed by atoms with Crippen molar-refractivity contribution in [2.75, 3.05) is 0 Å². The summed E-state index contributed by atoms with van der Waals surface area (Å²) in [7, 11) is 0. The van der Waals surface area contributed by atoms with Gasteiger partial charge in [0.1, 0.15) is 5.82 Å². The van der Waals surface area contributed by atoms with Gasteiger partial charge >= 0.3 is 0 Å². The van der Waals surface area contributed by atoms with Crippen LogP contribution in [0.1, 0.15) is 38.2 Å². The average Bonchev–Trinajstić information content (AvgIpc) is 2.50. The fourth-order valence-electron chi connectivity index (χ4n) is 2.38. The van der Waals surface area contributed by atoms with Crippen LogP contribution in [0.25, 0.3) is 0 Å². The molecule has 0 aliphatic rings. The van der Waals surface area contributed by atoms with Crippen molar-refractivity contribution in [3.8, 4) is 0 Å². The van der Waals surface area contributed by atoms with Gasteiger partial charge in [-0.15, -0.1) is 0 Å². The minimum Gasteiger partial charge on any atom is -0.393 e. The van der Waals surface area contributed by atoms with Crippen LogP contribution in [-0.2, 0) is 16.0 Å². The molecule has 0 spiro atoms. The highest BCUT2D eigenvalue weighted by Crippen LogP contribution is 2.24. The number of hydrogen-bond acceptors (Lipinski definition) is 3. The molecular weight excluding hydrogens is 318 g/mol. The number of hydrogen-bond donors (Lipinski definition) is 3. The summed E-state index contributed by atoms with van der Waals surface area (Å²) in [6, 6.07) is 5.91. The SMILES string of the molecule is CC(F)(CC[C@H](C[C@@H](O)CCc1ccc(F)cc1)C(N)=O)C(N)=O. The molecule has 0 saturated carbocycles. The van der Waals surface area contributed by atoms with Crippen LogP contribution in [-0.4, -0.2) is 28.7 Å². The largest absolute Gasteiger partial charge is 0.393 e. The zero-order chi connectivity index (χ0) is 18.3. The maximum atomic E-state index is 13.9. The molecule has 1 aromatic carbocycles. The summed E-state index contributed by atoms with van der Waals surface area (Å²) in [6.45, 7) is 1.05. The standard InChI is InChI=1S/C17H24F2N2O3/c1-17(19,16(21)24)9-8-12(15(20)23)10-14(22)7-4-11-2-5-13(18)6-3-11/h2-3,5-6,12,14,22H,4,7-10H2,1H3,(H2,20,23)(H2,21,24)/t12-,14+,17?/m1/s1. The molecule has 3 atom stereocenters. The van der Waals surface area contributed by atoms with Crippen molar-refractivity contribution >= 4 is 11.8 Å². The lowest BCUT2D eigenvalue weighted by Crippen LogP contribution is -2.38. The maximum Gasteiger partial charge on any atom is 0.254 e. The smallest absolute Gasteiger partial charge is 0.254 e. The number of aliphatic hydroxyl groups is 1. The molecule has 1 unspecified atom stereocenters. The van der Waals surface area contributed by atoms with Gasteiger partial charge in [0.15, 0.2) is 5.67 Å². The number of alkyl halides is 1. The number of carbonyl (C=O) groups excluding carboxylic acids is 2. The van der Waals surface area contributed by atoms with Gasteiger partial charge in [-0.05, 0) is 56.7 Å². The van der Waals surface area contributed by atoms with E-state index in [0.29, 0.717) is 12.8 Å². The van der Waals surface area contributed by atoms with Crippen LogP contribution >= 0.6 is 0 Å². The van der Waals surface area contributed by atoms with E-state index in [1.165, 1.54) is 12.1 Å². The van der Waals surface area contributed by atoms with Gasteiger partial charge in [0.2, 0.25) is 5.91 Å². The fourth-order valence-corrected chi connectivity index (χ4v) is 2.38. The van der Waals surface area contributed by atoms with Crippen molar-refractivity contribution in [2.45, 2.75) is 50.8 Å². The van der Waals surface area contributed by atoms with Crippen molar-refractivity contribution in [3.05, 3.63) is 35.6 Å². The Hall–Kier alpha value is -2.02. The predicted molar refractivity (Wildman–Crippen MR) is 86.0 cm³/mol. The normalized spacial score (nSPS) is 16.2. The molecule has 0 fully saturated rings. The van der Waals surface area contributed by atoms with E-state index >= 15 is 0 Å². The van der Waals surface area contributed by atoms with Crippen molar-refractivity contribution in [3.63, 3.8) is 0 Å². The van der Waals surface area contributed by atoms with Gasteiger partial charge in [-0.3, -0.25) is 9.59 Å². The molecule has 1 rings (SSSR count). The molecule has 0 saturated heterocycles. The van der Waals surface area contributed by atoms with Gasteiger partial charge in [0.05, 0.1) is 6.10 Å². The molecule has 0 aliphatic heterocycles. The van der Waals surface area contributed by atoms with Crippen molar-refractivity contribution in [1.29, 1.82) is 0 Å². The first-order valence-corrected chi connectivity index (χ1v) is 7.82. The van der Waals surface area contributed by atoms with E-state index in [0.717, 1.165) is 12.5 Å². The van der Waals surface area contributed by atoms with Gasteiger partial charge < -0.3 is 16.6 Å². The summed E-state index contributed by atoms with van der Waals surface area (Å²) < 4.78 is 26.7. The Morgan fingerprint density at radius 2 is 1.79 bits per heavy atom. The Morgan fingerprint density at radius 1 is 1.21 bits per heavy atom. The Balaban J connectivity index is 2.50. The molecule has 5 N–H and O–H groups in total. The minimum atomic E-state index is -2.22. The molecule has 5 nitrogen and oxygen atoms in total. The molecule has 0 radical (unpaired) electrons. The monoisotopic (exact) mass is 342 g/mol. The Bertz CT molecular complexity index is 561. The van der Waals surface area contributed by atoms with Crippen LogP contribution in [0, 0.1) is 11.7 Å². The van der Waals surface area contributed by atoms with Gasteiger partial charge in [-0.1, -0.05) is 12.1 Å². The number of amides is 2. The Morgan fingerprint density at radius 3 is 2.29 bits per heavy atom. The number of primary amides is 2. The summed E-state index contributed by atoms with van der Waals surface area (Å²) in [6.07, 6.45) is -0.0788. The summed E-state index contributed by atoms with van der Waals surface area (Å²) >= 11 is 0. The maximum absolute atomic E-state index is 13.9. The fraction of sp³-hybridized carbons (Fsp3) is 0.529. The summed E-state index contributed by atoms with van der Waals surface area (Å²) in [4.78, 5) is 22.4. The third-order valence-electron chi connectivity index (χ3n) is 4.11. The number of benzene rings is 1. The molecule has 7 heteroatoms. The van der Waals surface area contributed by atoms with E-state index in [1.807, 2.05) is 0 Å². The highest BCUT2D eigenvalue weighted by Gasteiger charge is 2.32. The molecule has 24 heavy (non-hydrogen) atoms. The van der Waals surface area contributed by atoms with E-state index < -0.39 is 29.5 Å². The topological polar surface area (TPSA) is 106 Å². The first kappa shape index (κ1) is 20.0. The van der Waals surface area contributed by atoms with E-state index in [1.54, 1.807) is 12.1 Å². The van der Waals surface area contributed by atoms with Crippen LogP contribution in [0.15, 0.2) is 24.3 Å². The molecule has 1 aromatic rings. The van der Waals surface area contributed by atoms with E-state index in [2.05, 4.69) is 0 Å². The third-order valence-corrected chi connectivity index (χ3v) is 4.11. The van der Waals surface area contributed by atoms with Gasteiger partial charge in [0.25, 0.3) is 5.91 Å². The van der Waals surface area contributed by atoms with Gasteiger partial charge in [-0.25, -0.2) is 8.78 Å². The van der Waals surface area contributed by atoms with Crippen molar-refractivity contribution in [1.82, 2.24) is 0 Å². The average molecular weight is 342 g/mol. The number of halogens is 2. The van der Waals surface area contributed by atoms with E-state index in [-0.39, 0.29) is 25.1 Å². The molecular formula is C17H24F2N2O3. The van der Waals surface area contributed by atoms with E-state index in [4.69, 9.17) is 11.5 Å². The van der Waals surface area contributed by atoms with E-state index in [9.17, 15) is 23.5 Å². The number of nitrogens with two attached hydrogens (primary N) is 2. The second-order valence-electron chi connectivity index (χ2n) is 6.25. The number of aliphatic hydroxyl groups excluding tert-OH is 1. The summed E-state index contributed by atoms with van der Waals surface area (Å²) in [5.74, 6) is -2.84. The zero-order valence-electron chi connectivity index (χ0n) is 13.7. The highest BCUT2D eigenvalue weighted by molar-refractivity contribution is 5.83. The van der Waals surface area contributed by atoms with Crippen LogP contribution in [0.4, 0.5) is 8.78 Å². The first-order valence-electron chi connectivity index (χ1n) is 7.82. The summed E-state index contributed by atoms with van der Waals surface area (Å²) in [5.41, 5.74) is 8.88.